The lowest BCUT2D eigenvalue weighted by molar-refractivity contribution is -0.113. The summed E-state index contributed by atoms with van der Waals surface area (Å²) in [6.07, 6.45) is -0.585. The molecular weight excluding hydrogens is 332 g/mol. The van der Waals surface area contributed by atoms with Gasteiger partial charge < -0.3 is 19.1 Å². The summed E-state index contributed by atoms with van der Waals surface area (Å²) in [4.78, 5) is 14.1. The summed E-state index contributed by atoms with van der Waals surface area (Å²) < 4.78 is 16.1. The second-order valence-electron chi connectivity index (χ2n) is 5.91. The number of nitriles is 1. The average Bonchev–Trinajstić information content (AvgIpc) is 2.95. The third-order valence-electron chi connectivity index (χ3n) is 4.36. The lowest BCUT2D eigenvalue weighted by Crippen LogP contribution is -2.36. The number of methoxy groups -OCH3 is 2. The van der Waals surface area contributed by atoms with Crippen LogP contribution in [-0.4, -0.2) is 37.9 Å². The molecule has 0 aliphatic carbocycles. The number of carbonyl (C=O) groups is 1. The van der Waals surface area contributed by atoms with Gasteiger partial charge in [0.15, 0.2) is 6.29 Å². The molecule has 0 radical (unpaired) electrons. The SMILES string of the molecule is COC(CN1C(=O)c2ccc(OCc3ccccc3)cc2C1C#N)OC. The maximum Gasteiger partial charge on any atom is 0.255 e. The van der Waals surface area contributed by atoms with E-state index >= 15 is 0 Å². The van der Waals surface area contributed by atoms with Crippen LogP contribution in [0.5, 0.6) is 5.75 Å². The molecular formula is C20H20N2O4. The molecule has 6 heteroatoms. The van der Waals surface area contributed by atoms with Crippen molar-refractivity contribution in [3.63, 3.8) is 0 Å². The third kappa shape index (κ3) is 3.54. The monoisotopic (exact) mass is 352 g/mol. The fraction of sp³-hybridized carbons (Fsp3) is 0.300. The topological polar surface area (TPSA) is 71.8 Å². The van der Waals surface area contributed by atoms with Gasteiger partial charge in [-0.25, -0.2) is 0 Å². The number of carbonyl (C=O) groups excluding carboxylic acids is 1. The van der Waals surface area contributed by atoms with Crippen molar-refractivity contribution in [2.24, 2.45) is 0 Å². The van der Waals surface area contributed by atoms with Gasteiger partial charge in [-0.05, 0) is 23.8 Å². The highest BCUT2D eigenvalue weighted by Gasteiger charge is 2.38. The molecule has 1 atom stereocenters. The van der Waals surface area contributed by atoms with Crippen LogP contribution >= 0.6 is 0 Å². The lowest BCUT2D eigenvalue weighted by atomic mass is 10.1. The molecule has 0 N–H and O–H groups in total. The van der Waals surface area contributed by atoms with E-state index in [1.807, 2.05) is 30.3 Å². The van der Waals surface area contributed by atoms with Crippen molar-refractivity contribution in [2.75, 3.05) is 20.8 Å². The van der Waals surface area contributed by atoms with Gasteiger partial charge in [-0.1, -0.05) is 30.3 Å². The Kier molecular flexibility index (Phi) is 5.52. The van der Waals surface area contributed by atoms with Crippen LogP contribution in [0.2, 0.25) is 0 Å². The summed E-state index contributed by atoms with van der Waals surface area (Å²) >= 11 is 0. The Bertz CT molecular complexity index is 812. The van der Waals surface area contributed by atoms with Gasteiger partial charge >= 0.3 is 0 Å². The maximum atomic E-state index is 12.6. The van der Waals surface area contributed by atoms with Crippen LogP contribution in [-0.2, 0) is 16.1 Å². The summed E-state index contributed by atoms with van der Waals surface area (Å²) in [5.74, 6) is 0.415. The van der Waals surface area contributed by atoms with Crippen LogP contribution in [0.3, 0.4) is 0 Å². The molecule has 0 saturated carbocycles. The molecule has 1 unspecified atom stereocenters. The Hall–Kier alpha value is -2.88. The Labute approximate surface area is 152 Å². The van der Waals surface area contributed by atoms with Crippen molar-refractivity contribution in [3.05, 3.63) is 65.2 Å². The van der Waals surface area contributed by atoms with E-state index in [4.69, 9.17) is 14.2 Å². The minimum absolute atomic E-state index is 0.180. The zero-order valence-corrected chi connectivity index (χ0v) is 14.7. The summed E-state index contributed by atoms with van der Waals surface area (Å²) in [5.41, 5.74) is 2.20. The normalized spacial score (nSPS) is 15.8. The van der Waals surface area contributed by atoms with Crippen molar-refractivity contribution >= 4 is 5.91 Å². The molecule has 2 aromatic rings. The number of amides is 1. The van der Waals surface area contributed by atoms with Gasteiger partial charge in [0, 0.05) is 25.3 Å². The van der Waals surface area contributed by atoms with E-state index in [2.05, 4.69) is 6.07 Å². The molecule has 0 fully saturated rings. The molecule has 3 rings (SSSR count). The Balaban J connectivity index is 1.79. The first-order chi connectivity index (χ1) is 12.7. The number of benzene rings is 2. The summed E-state index contributed by atoms with van der Waals surface area (Å²) in [5, 5.41) is 9.59. The molecule has 1 aliphatic heterocycles. The Morgan fingerprint density at radius 1 is 1.15 bits per heavy atom. The van der Waals surface area contributed by atoms with Crippen molar-refractivity contribution < 1.29 is 19.0 Å². The van der Waals surface area contributed by atoms with E-state index in [1.54, 1.807) is 18.2 Å². The molecule has 1 aliphatic rings. The largest absolute Gasteiger partial charge is 0.489 e. The molecule has 6 nitrogen and oxygen atoms in total. The second kappa shape index (κ2) is 8.00. The van der Waals surface area contributed by atoms with Crippen LogP contribution in [0.15, 0.2) is 48.5 Å². The maximum absolute atomic E-state index is 12.6. The van der Waals surface area contributed by atoms with E-state index in [1.165, 1.54) is 19.1 Å². The molecule has 2 aromatic carbocycles. The molecule has 0 spiro atoms. The fourth-order valence-corrected chi connectivity index (χ4v) is 2.97. The van der Waals surface area contributed by atoms with Crippen molar-refractivity contribution in [1.29, 1.82) is 5.26 Å². The van der Waals surface area contributed by atoms with Crippen LogP contribution in [0.1, 0.15) is 27.5 Å². The van der Waals surface area contributed by atoms with E-state index < -0.39 is 12.3 Å². The molecule has 0 saturated heterocycles. The first kappa shape index (κ1) is 17.9. The van der Waals surface area contributed by atoms with Gasteiger partial charge in [-0.2, -0.15) is 5.26 Å². The Morgan fingerprint density at radius 2 is 1.88 bits per heavy atom. The van der Waals surface area contributed by atoms with Crippen LogP contribution in [0.25, 0.3) is 0 Å². The lowest BCUT2D eigenvalue weighted by Gasteiger charge is -2.24. The zero-order chi connectivity index (χ0) is 18.5. The number of hydrogen-bond acceptors (Lipinski definition) is 5. The molecule has 1 heterocycles. The summed E-state index contributed by atoms with van der Waals surface area (Å²) in [6, 6.07) is 16.5. The van der Waals surface area contributed by atoms with Crippen molar-refractivity contribution in [2.45, 2.75) is 18.9 Å². The standard InChI is InChI=1S/C20H20N2O4/c1-24-19(25-2)12-22-18(11-21)17-10-15(8-9-16(17)20(22)23)26-13-14-6-4-3-5-7-14/h3-10,18-19H,12-13H2,1-2H3. The number of ether oxygens (including phenoxy) is 3. The zero-order valence-electron chi connectivity index (χ0n) is 14.7. The minimum atomic E-state index is -0.689. The summed E-state index contributed by atoms with van der Waals surface area (Å²) in [7, 11) is 3.00. The van der Waals surface area contributed by atoms with E-state index in [0.29, 0.717) is 23.5 Å². The highest BCUT2D eigenvalue weighted by molar-refractivity contribution is 5.99. The van der Waals surface area contributed by atoms with Gasteiger partial charge in [-0.3, -0.25) is 4.79 Å². The van der Waals surface area contributed by atoms with Gasteiger partial charge in [0.2, 0.25) is 0 Å². The number of nitrogens with zero attached hydrogens (tertiary/aromatic N) is 2. The number of hydrogen-bond donors (Lipinski definition) is 0. The van der Waals surface area contributed by atoms with Gasteiger partial charge in [0.25, 0.3) is 5.91 Å². The Morgan fingerprint density at radius 3 is 2.54 bits per heavy atom. The molecule has 134 valence electrons. The number of rotatable bonds is 7. The predicted molar refractivity (Wildman–Crippen MR) is 94.4 cm³/mol. The minimum Gasteiger partial charge on any atom is -0.489 e. The van der Waals surface area contributed by atoms with Crippen molar-refractivity contribution in [1.82, 2.24) is 4.90 Å². The molecule has 1 amide bonds. The van der Waals surface area contributed by atoms with E-state index in [0.717, 1.165) is 5.56 Å². The first-order valence-corrected chi connectivity index (χ1v) is 8.24. The molecule has 0 bridgehead atoms. The second-order valence-corrected chi connectivity index (χ2v) is 5.91. The quantitative estimate of drug-likeness (QED) is 0.717. The van der Waals surface area contributed by atoms with Gasteiger partial charge in [-0.15, -0.1) is 0 Å². The third-order valence-corrected chi connectivity index (χ3v) is 4.36. The molecule has 26 heavy (non-hydrogen) atoms. The first-order valence-electron chi connectivity index (χ1n) is 8.24. The van der Waals surface area contributed by atoms with Crippen molar-refractivity contribution in [3.8, 4) is 11.8 Å². The van der Waals surface area contributed by atoms with Crippen LogP contribution < -0.4 is 4.74 Å². The highest BCUT2D eigenvalue weighted by Crippen LogP contribution is 2.36. The number of fused-ring (bicyclic) bond motifs is 1. The fourth-order valence-electron chi connectivity index (χ4n) is 2.97. The smallest absolute Gasteiger partial charge is 0.255 e. The predicted octanol–water partition coefficient (Wildman–Crippen LogP) is 2.90. The average molecular weight is 352 g/mol. The van der Waals surface area contributed by atoms with Crippen LogP contribution in [0.4, 0.5) is 0 Å². The summed E-state index contributed by atoms with van der Waals surface area (Å²) in [6.45, 7) is 0.600. The van der Waals surface area contributed by atoms with Crippen LogP contribution in [0, 0.1) is 11.3 Å². The highest BCUT2D eigenvalue weighted by atomic mass is 16.7. The van der Waals surface area contributed by atoms with E-state index in [9.17, 15) is 10.1 Å². The van der Waals surface area contributed by atoms with Gasteiger partial charge in [0.1, 0.15) is 18.4 Å². The molecule has 0 aromatic heterocycles. The van der Waals surface area contributed by atoms with Gasteiger partial charge in [0.05, 0.1) is 12.6 Å². The van der Waals surface area contributed by atoms with E-state index in [-0.39, 0.29) is 12.5 Å².